The monoisotopic (exact) mass is 326 g/mol. The molecule has 1 atom stereocenters. The van der Waals surface area contributed by atoms with Gasteiger partial charge in [-0.3, -0.25) is 14.4 Å². The molecule has 5 heteroatoms. The molecule has 4 nitrogen and oxygen atoms in total. The van der Waals surface area contributed by atoms with Crippen molar-refractivity contribution >= 4 is 29.3 Å². The lowest BCUT2D eigenvalue weighted by Crippen LogP contribution is -2.13. The van der Waals surface area contributed by atoms with Gasteiger partial charge in [-0.25, -0.2) is 0 Å². The predicted molar refractivity (Wildman–Crippen MR) is 86.8 cm³/mol. The fourth-order valence-electron chi connectivity index (χ4n) is 2.63. The Morgan fingerprint density at radius 1 is 0.957 bits per heavy atom. The summed E-state index contributed by atoms with van der Waals surface area (Å²) in [5, 5.41) is 8.24. The van der Waals surface area contributed by atoms with E-state index in [2.05, 4.69) is 0 Å². The molecule has 1 aliphatic heterocycles. The van der Waals surface area contributed by atoms with E-state index in [1.165, 1.54) is 11.8 Å². The molecule has 0 fully saturated rings. The maximum Gasteiger partial charge on any atom is 0.303 e. The fourth-order valence-corrected chi connectivity index (χ4v) is 3.91. The van der Waals surface area contributed by atoms with Crippen LogP contribution in [0.15, 0.2) is 53.4 Å². The zero-order valence-corrected chi connectivity index (χ0v) is 13.0. The number of carboxylic acid groups (broad SMARTS) is 1. The van der Waals surface area contributed by atoms with E-state index in [0.29, 0.717) is 16.7 Å². The summed E-state index contributed by atoms with van der Waals surface area (Å²) >= 11 is 1.32. The molecule has 2 aromatic carbocycles. The summed E-state index contributed by atoms with van der Waals surface area (Å²) in [4.78, 5) is 36.8. The van der Waals surface area contributed by atoms with Gasteiger partial charge in [-0.2, -0.15) is 0 Å². The first kappa shape index (κ1) is 15.5. The summed E-state index contributed by atoms with van der Waals surface area (Å²) in [7, 11) is 0. The number of thioether (sulfide) groups is 1. The molecule has 0 radical (unpaired) electrons. The Balaban J connectivity index is 2.06. The number of carbonyl (C=O) groups is 3. The van der Waals surface area contributed by atoms with Crippen molar-refractivity contribution in [3.05, 3.63) is 65.2 Å². The van der Waals surface area contributed by atoms with Crippen LogP contribution in [0.2, 0.25) is 0 Å². The van der Waals surface area contributed by atoms with Gasteiger partial charge in [-0.1, -0.05) is 36.4 Å². The van der Waals surface area contributed by atoms with Gasteiger partial charge in [0.2, 0.25) is 0 Å². The molecule has 1 N–H and O–H groups in total. The molecule has 2 aromatic rings. The summed E-state index contributed by atoms with van der Waals surface area (Å²) in [6, 6.07) is 14.3. The Kier molecular flexibility index (Phi) is 4.30. The Morgan fingerprint density at radius 3 is 2.35 bits per heavy atom. The maximum absolute atomic E-state index is 12.7. The van der Waals surface area contributed by atoms with Crippen molar-refractivity contribution < 1.29 is 19.5 Å². The Morgan fingerprint density at radius 2 is 1.61 bits per heavy atom. The van der Waals surface area contributed by atoms with Gasteiger partial charge in [0, 0.05) is 22.4 Å². The van der Waals surface area contributed by atoms with E-state index >= 15 is 0 Å². The first-order valence-electron chi connectivity index (χ1n) is 7.21. The number of fused-ring (bicyclic) bond motifs is 2. The van der Waals surface area contributed by atoms with E-state index in [-0.39, 0.29) is 24.4 Å². The number of hydrogen-bond acceptors (Lipinski definition) is 4. The number of carboxylic acids is 1. The van der Waals surface area contributed by atoms with E-state index < -0.39 is 11.2 Å². The average Bonchev–Trinajstić information content (AvgIpc) is 2.69. The van der Waals surface area contributed by atoms with Crippen molar-refractivity contribution in [3.63, 3.8) is 0 Å². The molecule has 23 heavy (non-hydrogen) atoms. The van der Waals surface area contributed by atoms with Crippen LogP contribution in [-0.4, -0.2) is 22.6 Å². The van der Waals surface area contributed by atoms with Gasteiger partial charge in [-0.15, -0.1) is 11.8 Å². The van der Waals surface area contributed by atoms with Gasteiger partial charge in [-0.05, 0) is 17.7 Å². The number of aliphatic carboxylic acids is 1. The van der Waals surface area contributed by atoms with Crippen LogP contribution in [0.25, 0.3) is 0 Å². The molecule has 0 amide bonds. The molecule has 0 aromatic heterocycles. The third kappa shape index (κ3) is 3.05. The van der Waals surface area contributed by atoms with Crippen LogP contribution >= 0.6 is 11.8 Å². The van der Waals surface area contributed by atoms with Crippen LogP contribution in [0.3, 0.4) is 0 Å². The fraction of sp³-hybridized carbons (Fsp3) is 0.167. The number of hydrogen-bond donors (Lipinski definition) is 1. The normalized spacial score (nSPS) is 16.2. The number of benzene rings is 2. The van der Waals surface area contributed by atoms with Gasteiger partial charge in [0.25, 0.3) is 0 Å². The molecule has 1 aliphatic rings. The minimum Gasteiger partial charge on any atom is -0.481 e. The van der Waals surface area contributed by atoms with Gasteiger partial charge in [0.15, 0.2) is 11.6 Å². The number of carbonyl (C=O) groups excluding carboxylic acids is 2. The molecule has 116 valence electrons. The van der Waals surface area contributed by atoms with Crippen molar-refractivity contribution in [1.82, 2.24) is 0 Å². The van der Waals surface area contributed by atoms with Crippen LogP contribution in [-0.2, 0) is 9.59 Å². The van der Waals surface area contributed by atoms with Crippen molar-refractivity contribution in [2.75, 3.05) is 0 Å². The van der Waals surface area contributed by atoms with Gasteiger partial charge < -0.3 is 5.11 Å². The third-order valence-corrected chi connectivity index (χ3v) is 5.10. The second kappa shape index (κ2) is 6.38. The topological polar surface area (TPSA) is 71.4 Å². The molecule has 3 rings (SSSR count). The summed E-state index contributed by atoms with van der Waals surface area (Å²) in [6.07, 6.45) is -0.245. The van der Waals surface area contributed by atoms with Crippen LogP contribution in [0, 0.1) is 0 Å². The minimum absolute atomic E-state index is 0.0440. The van der Waals surface area contributed by atoms with E-state index in [1.807, 2.05) is 12.1 Å². The summed E-state index contributed by atoms with van der Waals surface area (Å²) < 4.78 is 0. The zero-order valence-electron chi connectivity index (χ0n) is 12.2. The Labute approximate surface area is 137 Å². The minimum atomic E-state index is -0.998. The lowest BCUT2D eigenvalue weighted by atomic mass is 9.94. The third-order valence-electron chi connectivity index (χ3n) is 3.74. The number of rotatable bonds is 4. The lowest BCUT2D eigenvalue weighted by Gasteiger charge is -2.15. The smallest absolute Gasteiger partial charge is 0.303 e. The van der Waals surface area contributed by atoms with Crippen molar-refractivity contribution in [2.24, 2.45) is 0 Å². The average molecular weight is 326 g/mol. The largest absolute Gasteiger partial charge is 0.481 e. The van der Waals surface area contributed by atoms with Gasteiger partial charge in [0.05, 0.1) is 11.7 Å². The van der Waals surface area contributed by atoms with E-state index in [9.17, 15) is 14.4 Å². The van der Waals surface area contributed by atoms with Crippen LogP contribution < -0.4 is 0 Å². The molecule has 1 heterocycles. The highest BCUT2D eigenvalue weighted by molar-refractivity contribution is 8.00. The van der Waals surface area contributed by atoms with Crippen LogP contribution in [0.1, 0.15) is 39.6 Å². The van der Waals surface area contributed by atoms with Crippen LogP contribution in [0.5, 0.6) is 0 Å². The maximum atomic E-state index is 12.7. The van der Waals surface area contributed by atoms with Crippen molar-refractivity contribution in [3.8, 4) is 0 Å². The second-order valence-corrected chi connectivity index (χ2v) is 6.42. The Bertz CT molecular complexity index is 797. The molecule has 0 saturated heterocycles. The molecule has 0 spiro atoms. The zero-order chi connectivity index (χ0) is 16.4. The summed E-state index contributed by atoms with van der Waals surface area (Å²) in [5.41, 5.74) is 1.76. The number of Topliss-reactive ketones (excluding diaryl/α,β-unsaturated/α-hetero) is 1. The molecule has 0 aliphatic carbocycles. The standard InChI is InChI=1S/C18H14O4S/c19-14(9-10-16(20)21)18-12-6-2-1-5-11(12)17(22)13-7-3-4-8-15(13)23-18/h1-8,18H,9-10H2,(H,20,21). The van der Waals surface area contributed by atoms with Crippen molar-refractivity contribution in [1.29, 1.82) is 0 Å². The SMILES string of the molecule is O=C(O)CCC(=O)C1Sc2ccccc2C(=O)c2ccccc21. The van der Waals surface area contributed by atoms with Gasteiger partial charge in [0.1, 0.15) is 0 Å². The second-order valence-electron chi connectivity index (χ2n) is 5.27. The first-order valence-corrected chi connectivity index (χ1v) is 8.09. The molecule has 0 bridgehead atoms. The lowest BCUT2D eigenvalue weighted by molar-refractivity contribution is -0.138. The quantitative estimate of drug-likeness (QED) is 0.931. The van der Waals surface area contributed by atoms with E-state index in [4.69, 9.17) is 5.11 Å². The molecule has 1 unspecified atom stereocenters. The van der Waals surface area contributed by atoms with Crippen molar-refractivity contribution in [2.45, 2.75) is 23.0 Å². The van der Waals surface area contributed by atoms with Crippen LogP contribution in [0.4, 0.5) is 0 Å². The Hall–Kier alpha value is -2.40. The molecule has 0 saturated carbocycles. The molecular weight excluding hydrogens is 312 g/mol. The van der Waals surface area contributed by atoms with Gasteiger partial charge >= 0.3 is 5.97 Å². The highest BCUT2D eigenvalue weighted by atomic mass is 32.2. The van der Waals surface area contributed by atoms with E-state index in [1.54, 1.807) is 36.4 Å². The summed E-state index contributed by atoms with van der Waals surface area (Å²) in [6.45, 7) is 0. The highest BCUT2D eigenvalue weighted by Crippen LogP contribution is 2.43. The predicted octanol–water partition coefficient (Wildman–Crippen LogP) is 3.50. The van der Waals surface area contributed by atoms with E-state index in [0.717, 1.165) is 4.90 Å². The highest BCUT2D eigenvalue weighted by Gasteiger charge is 2.31. The molecular formula is C18H14O4S. The number of ketones is 2. The first-order chi connectivity index (χ1) is 11.1. The summed E-state index contributed by atoms with van der Waals surface area (Å²) in [5.74, 6) is -1.27.